The molecule has 1 aliphatic rings. The second kappa shape index (κ2) is 7.32. The van der Waals surface area contributed by atoms with Gasteiger partial charge in [0.2, 0.25) is 18.5 Å². The lowest BCUT2D eigenvalue weighted by molar-refractivity contribution is 0.174. The number of hydrogen-bond acceptors (Lipinski definition) is 8. The Hall–Kier alpha value is -3.39. The number of hydrogen-bond donors (Lipinski definition) is 0. The van der Waals surface area contributed by atoms with Crippen molar-refractivity contribution in [2.75, 3.05) is 6.79 Å². The first kappa shape index (κ1) is 16.8. The molecule has 0 saturated carbocycles. The molecule has 0 saturated heterocycles. The first-order valence-electron chi connectivity index (χ1n) is 8.60. The van der Waals surface area contributed by atoms with Crippen molar-refractivity contribution in [3.63, 3.8) is 0 Å². The van der Waals surface area contributed by atoms with Gasteiger partial charge in [-0.15, -0.1) is 10.2 Å². The SMILES string of the molecule is c1ccc(-c2noc(CSc3ccc(-c4ccc5c(c4)OCO5)nn3)n2)cc1. The molecule has 8 heteroatoms. The highest BCUT2D eigenvalue weighted by atomic mass is 32.2. The van der Waals surface area contributed by atoms with Crippen LogP contribution in [0.3, 0.4) is 0 Å². The quantitative estimate of drug-likeness (QED) is 0.469. The molecular weight excluding hydrogens is 376 g/mol. The van der Waals surface area contributed by atoms with Gasteiger partial charge in [0.05, 0.1) is 11.4 Å². The third kappa shape index (κ3) is 3.41. The van der Waals surface area contributed by atoms with Crippen molar-refractivity contribution in [3.05, 3.63) is 66.6 Å². The summed E-state index contributed by atoms with van der Waals surface area (Å²) in [5.41, 5.74) is 2.62. The standard InChI is InChI=1S/C20H14N4O3S/c1-2-4-13(5-3-1)20-21-18(27-24-20)11-28-19-9-7-15(22-23-19)14-6-8-16-17(10-14)26-12-25-16/h1-10H,11-12H2. The summed E-state index contributed by atoms with van der Waals surface area (Å²) in [6.45, 7) is 0.252. The molecule has 138 valence electrons. The topological polar surface area (TPSA) is 83.2 Å². The van der Waals surface area contributed by atoms with E-state index in [2.05, 4.69) is 20.3 Å². The number of ether oxygens (including phenoxy) is 2. The maximum absolute atomic E-state index is 5.41. The first-order valence-corrected chi connectivity index (χ1v) is 9.58. The number of rotatable bonds is 5. The van der Waals surface area contributed by atoms with Crippen LogP contribution < -0.4 is 9.47 Å². The number of aromatic nitrogens is 4. The summed E-state index contributed by atoms with van der Waals surface area (Å²) in [4.78, 5) is 4.42. The predicted octanol–water partition coefficient (Wildman–Crippen LogP) is 4.21. The molecule has 2 aromatic carbocycles. The highest BCUT2D eigenvalue weighted by Gasteiger charge is 2.15. The minimum atomic E-state index is 0.252. The third-order valence-corrected chi connectivity index (χ3v) is 5.06. The number of benzene rings is 2. The van der Waals surface area contributed by atoms with Crippen molar-refractivity contribution in [1.29, 1.82) is 0 Å². The van der Waals surface area contributed by atoms with E-state index in [0.717, 1.165) is 33.3 Å². The Bertz CT molecular complexity index is 1100. The molecular formula is C20H14N4O3S. The third-order valence-electron chi connectivity index (χ3n) is 4.15. The Labute approximate surface area is 164 Å². The van der Waals surface area contributed by atoms with Crippen LogP contribution in [-0.4, -0.2) is 27.1 Å². The van der Waals surface area contributed by atoms with Crippen LogP contribution in [0.25, 0.3) is 22.6 Å². The van der Waals surface area contributed by atoms with E-state index in [1.807, 2.05) is 60.7 Å². The average Bonchev–Trinajstić information content (AvgIpc) is 3.42. The monoisotopic (exact) mass is 390 g/mol. The molecule has 1 aliphatic heterocycles. The van der Waals surface area contributed by atoms with Gasteiger partial charge in [-0.2, -0.15) is 4.98 Å². The minimum absolute atomic E-state index is 0.252. The van der Waals surface area contributed by atoms with Gasteiger partial charge < -0.3 is 14.0 Å². The zero-order valence-corrected chi connectivity index (χ0v) is 15.4. The molecule has 0 N–H and O–H groups in total. The Kier molecular flexibility index (Phi) is 4.38. The van der Waals surface area contributed by atoms with E-state index in [-0.39, 0.29) is 6.79 Å². The van der Waals surface area contributed by atoms with Gasteiger partial charge in [-0.1, -0.05) is 47.3 Å². The fourth-order valence-corrected chi connectivity index (χ4v) is 3.41. The molecule has 4 aromatic rings. The van der Waals surface area contributed by atoms with Crippen molar-refractivity contribution >= 4 is 11.8 Å². The van der Waals surface area contributed by atoms with Crippen LogP contribution in [0.2, 0.25) is 0 Å². The normalized spacial score (nSPS) is 12.3. The molecule has 2 aromatic heterocycles. The van der Waals surface area contributed by atoms with E-state index in [0.29, 0.717) is 17.5 Å². The van der Waals surface area contributed by atoms with Crippen LogP contribution in [0.15, 0.2) is 70.2 Å². The Balaban J connectivity index is 1.25. The minimum Gasteiger partial charge on any atom is -0.454 e. The molecule has 3 heterocycles. The van der Waals surface area contributed by atoms with Crippen LogP contribution in [0, 0.1) is 0 Å². The van der Waals surface area contributed by atoms with Crippen LogP contribution in [0.1, 0.15) is 5.89 Å². The van der Waals surface area contributed by atoms with Crippen LogP contribution in [0.5, 0.6) is 11.5 Å². The number of thioether (sulfide) groups is 1. The molecule has 0 radical (unpaired) electrons. The lowest BCUT2D eigenvalue weighted by atomic mass is 10.1. The summed E-state index contributed by atoms with van der Waals surface area (Å²) in [6.07, 6.45) is 0. The van der Waals surface area contributed by atoms with Gasteiger partial charge in [-0.3, -0.25) is 0 Å². The lowest BCUT2D eigenvalue weighted by Gasteiger charge is -2.03. The van der Waals surface area contributed by atoms with E-state index in [4.69, 9.17) is 14.0 Å². The average molecular weight is 390 g/mol. The van der Waals surface area contributed by atoms with Crippen molar-refractivity contribution in [2.45, 2.75) is 10.8 Å². The second-order valence-electron chi connectivity index (χ2n) is 5.99. The molecule has 28 heavy (non-hydrogen) atoms. The van der Waals surface area contributed by atoms with Crippen molar-refractivity contribution in [3.8, 4) is 34.1 Å². The predicted molar refractivity (Wildman–Crippen MR) is 103 cm³/mol. The van der Waals surface area contributed by atoms with E-state index in [9.17, 15) is 0 Å². The lowest BCUT2D eigenvalue weighted by Crippen LogP contribution is -1.93. The molecule has 5 rings (SSSR count). The van der Waals surface area contributed by atoms with Crippen molar-refractivity contribution in [1.82, 2.24) is 20.3 Å². The molecule has 7 nitrogen and oxygen atoms in total. The molecule has 0 amide bonds. The maximum Gasteiger partial charge on any atom is 0.237 e. The van der Waals surface area contributed by atoms with Crippen LogP contribution >= 0.6 is 11.8 Å². The van der Waals surface area contributed by atoms with E-state index in [1.165, 1.54) is 11.8 Å². The molecule has 0 fully saturated rings. The number of nitrogens with zero attached hydrogens (tertiary/aromatic N) is 4. The van der Waals surface area contributed by atoms with Gasteiger partial charge >= 0.3 is 0 Å². The molecule has 0 bridgehead atoms. The fourth-order valence-electron chi connectivity index (χ4n) is 2.76. The molecule has 0 spiro atoms. The van der Waals surface area contributed by atoms with Gasteiger partial charge in [-0.25, -0.2) is 0 Å². The highest BCUT2D eigenvalue weighted by molar-refractivity contribution is 7.98. The Morgan fingerprint density at radius 2 is 1.75 bits per heavy atom. The van der Waals surface area contributed by atoms with Crippen LogP contribution in [0.4, 0.5) is 0 Å². The van der Waals surface area contributed by atoms with Gasteiger partial charge in [-0.05, 0) is 30.3 Å². The molecule has 0 aliphatic carbocycles. The van der Waals surface area contributed by atoms with Crippen molar-refractivity contribution < 1.29 is 14.0 Å². The smallest absolute Gasteiger partial charge is 0.237 e. The summed E-state index contributed by atoms with van der Waals surface area (Å²) in [5.74, 6) is 3.13. The largest absolute Gasteiger partial charge is 0.454 e. The zero-order chi connectivity index (χ0) is 18.8. The van der Waals surface area contributed by atoms with Gasteiger partial charge in [0.25, 0.3) is 0 Å². The van der Waals surface area contributed by atoms with Gasteiger partial charge in [0.15, 0.2) is 11.5 Å². The molecule has 0 unspecified atom stereocenters. The zero-order valence-electron chi connectivity index (χ0n) is 14.6. The summed E-state index contributed by atoms with van der Waals surface area (Å²) in [6, 6.07) is 19.3. The van der Waals surface area contributed by atoms with E-state index >= 15 is 0 Å². The summed E-state index contributed by atoms with van der Waals surface area (Å²) in [7, 11) is 0. The summed E-state index contributed by atoms with van der Waals surface area (Å²) >= 11 is 1.49. The first-order chi connectivity index (χ1) is 13.8. The van der Waals surface area contributed by atoms with E-state index < -0.39 is 0 Å². The second-order valence-corrected chi connectivity index (χ2v) is 6.99. The Morgan fingerprint density at radius 3 is 2.61 bits per heavy atom. The van der Waals surface area contributed by atoms with Gasteiger partial charge in [0.1, 0.15) is 5.03 Å². The highest BCUT2D eigenvalue weighted by Crippen LogP contribution is 2.35. The Morgan fingerprint density at radius 1 is 0.857 bits per heavy atom. The van der Waals surface area contributed by atoms with Crippen LogP contribution in [-0.2, 0) is 5.75 Å². The van der Waals surface area contributed by atoms with E-state index in [1.54, 1.807) is 0 Å². The van der Waals surface area contributed by atoms with Gasteiger partial charge in [0, 0.05) is 11.1 Å². The molecule has 0 atom stereocenters. The van der Waals surface area contributed by atoms with Crippen molar-refractivity contribution in [2.24, 2.45) is 0 Å². The number of fused-ring (bicyclic) bond motifs is 1. The maximum atomic E-state index is 5.41. The summed E-state index contributed by atoms with van der Waals surface area (Å²) in [5, 5.41) is 13.4. The summed E-state index contributed by atoms with van der Waals surface area (Å²) < 4.78 is 16.1. The fraction of sp³-hybridized carbons (Fsp3) is 0.100.